The van der Waals surface area contributed by atoms with Gasteiger partial charge in [0.2, 0.25) is 0 Å². The molecule has 3 unspecified atom stereocenters. The van der Waals surface area contributed by atoms with Gasteiger partial charge in [0.05, 0.1) is 6.10 Å². The van der Waals surface area contributed by atoms with Gasteiger partial charge in [-0.05, 0) is 18.4 Å². The first-order valence-electron chi connectivity index (χ1n) is 6.71. The molecule has 0 spiro atoms. The Balaban J connectivity index is 1.79. The number of nitrogens with one attached hydrogen (secondary N) is 1. The summed E-state index contributed by atoms with van der Waals surface area (Å²) in [6, 6.07) is 10.4. The number of ether oxygens (including phenoxy) is 1. The highest BCUT2D eigenvalue weighted by atomic mass is 16.5. The molecule has 0 aliphatic carbocycles. The molecule has 1 saturated heterocycles. The van der Waals surface area contributed by atoms with Gasteiger partial charge in [0, 0.05) is 26.1 Å². The van der Waals surface area contributed by atoms with Crippen LogP contribution in [0.1, 0.15) is 31.7 Å². The normalized spacial score (nSPS) is 29.4. The quantitative estimate of drug-likeness (QED) is 0.837. The number of hydrogen-bond acceptors (Lipinski definition) is 3. The van der Waals surface area contributed by atoms with Gasteiger partial charge in [0.15, 0.2) is 0 Å². The molecule has 3 atom stereocenters. The minimum absolute atomic E-state index is 0.0722. The van der Waals surface area contributed by atoms with Crippen molar-refractivity contribution >= 4 is 0 Å². The van der Waals surface area contributed by atoms with Gasteiger partial charge in [-0.2, -0.15) is 0 Å². The Hall–Kier alpha value is -0.900. The molecule has 0 radical (unpaired) electrons. The maximum Gasteiger partial charge on any atom is 0.105 e. The molecule has 0 bridgehead atoms. The number of aliphatic hydroxyl groups is 1. The molecule has 1 aromatic rings. The minimum atomic E-state index is -0.698. The summed E-state index contributed by atoms with van der Waals surface area (Å²) in [5, 5.41) is 13.7. The Morgan fingerprint density at radius 3 is 2.78 bits per heavy atom. The van der Waals surface area contributed by atoms with Crippen LogP contribution >= 0.6 is 0 Å². The van der Waals surface area contributed by atoms with E-state index in [1.54, 1.807) is 0 Å². The van der Waals surface area contributed by atoms with Crippen molar-refractivity contribution in [2.45, 2.75) is 37.9 Å². The minimum Gasteiger partial charge on any atom is -0.386 e. The van der Waals surface area contributed by atoms with Crippen molar-refractivity contribution in [3.8, 4) is 0 Å². The van der Waals surface area contributed by atoms with Gasteiger partial charge in [-0.25, -0.2) is 0 Å². The Labute approximate surface area is 109 Å². The highest BCUT2D eigenvalue weighted by Crippen LogP contribution is 2.25. The topological polar surface area (TPSA) is 41.5 Å². The van der Waals surface area contributed by atoms with Crippen LogP contribution in [0.5, 0.6) is 0 Å². The van der Waals surface area contributed by atoms with E-state index in [2.05, 4.69) is 36.5 Å². The van der Waals surface area contributed by atoms with Crippen molar-refractivity contribution in [2.75, 3.05) is 19.7 Å². The molecule has 18 heavy (non-hydrogen) atoms. The lowest BCUT2D eigenvalue weighted by Gasteiger charge is -2.27. The van der Waals surface area contributed by atoms with E-state index in [1.807, 2.05) is 13.0 Å². The predicted molar refractivity (Wildman–Crippen MR) is 72.7 cm³/mol. The first-order valence-corrected chi connectivity index (χ1v) is 6.71. The summed E-state index contributed by atoms with van der Waals surface area (Å²) < 4.78 is 5.42. The fourth-order valence-electron chi connectivity index (χ4n) is 2.41. The van der Waals surface area contributed by atoms with Crippen LogP contribution in [0.25, 0.3) is 0 Å². The first-order chi connectivity index (χ1) is 8.62. The smallest absolute Gasteiger partial charge is 0.105 e. The van der Waals surface area contributed by atoms with E-state index in [1.165, 1.54) is 5.56 Å². The molecule has 100 valence electrons. The lowest BCUT2D eigenvalue weighted by atomic mass is 9.96. The van der Waals surface area contributed by atoms with Crippen LogP contribution in [0.4, 0.5) is 0 Å². The molecule has 0 aromatic heterocycles. The van der Waals surface area contributed by atoms with Crippen molar-refractivity contribution in [2.24, 2.45) is 0 Å². The molecule has 1 aliphatic heterocycles. The fraction of sp³-hybridized carbons (Fsp3) is 0.600. The molecule has 1 aliphatic rings. The SMILES string of the molecule is CC(CNCC1(O)CCOC1C)c1ccccc1. The first kappa shape index (κ1) is 13.5. The average Bonchev–Trinajstić information content (AvgIpc) is 2.71. The summed E-state index contributed by atoms with van der Waals surface area (Å²) >= 11 is 0. The Kier molecular flexibility index (Phi) is 4.38. The molecular weight excluding hydrogens is 226 g/mol. The van der Waals surface area contributed by atoms with Gasteiger partial charge in [-0.1, -0.05) is 37.3 Å². The summed E-state index contributed by atoms with van der Waals surface area (Å²) in [6.07, 6.45) is 0.651. The van der Waals surface area contributed by atoms with Crippen LogP contribution in [-0.4, -0.2) is 36.5 Å². The van der Waals surface area contributed by atoms with Crippen LogP contribution in [0.15, 0.2) is 30.3 Å². The van der Waals surface area contributed by atoms with Crippen molar-refractivity contribution < 1.29 is 9.84 Å². The Morgan fingerprint density at radius 2 is 2.17 bits per heavy atom. The largest absolute Gasteiger partial charge is 0.386 e. The molecule has 1 aromatic carbocycles. The monoisotopic (exact) mass is 249 g/mol. The summed E-state index contributed by atoms with van der Waals surface area (Å²) in [7, 11) is 0. The molecule has 1 fully saturated rings. The van der Waals surface area contributed by atoms with Gasteiger partial charge < -0.3 is 15.2 Å². The lowest BCUT2D eigenvalue weighted by molar-refractivity contribution is -0.0261. The Bertz CT molecular complexity index is 368. The molecule has 2 rings (SSSR count). The summed E-state index contributed by atoms with van der Waals surface area (Å²) in [5.74, 6) is 0.451. The molecule has 2 N–H and O–H groups in total. The van der Waals surface area contributed by atoms with Gasteiger partial charge in [-0.15, -0.1) is 0 Å². The number of hydrogen-bond donors (Lipinski definition) is 2. The summed E-state index contributed by atoms with van der Waals surface area (Å²) in [6.45, 7) is 6.27. The van der Waals surface area contributed by atoms with Crippen LogP contribution in [0.2, 0.25) is 0 Å². The third kappa shape index (κ3) is 3.10. The maximum absolute atomic E-state index is 10.4. The van der Waals surface area contributed by atoms with Gasteiger partial charge >= 0.3 is 0 Å². The third-order valence-corrected chi connectivity index (χ3v) is 3.91. The highest BCUT2D eigenvalue weighted by Gasteiger charge is 2.38. The molecule has 0 amide bonds. The van der Waals surface area contributed by atoms with Crippen molar-refractivity contribution in [1.82, 2.24) is 5.32 Å². The Morgan fingerprint density at radius 1 is 1.44 bits per heavy atom. The summed E-state index contributed by atoms with van der Waals surface area (Å²) in [5.41, 5.74) is 0.629. The molecule has 3 heteroatoms. The van der Waals surface area contributed by atoms with Crippen LogP contribution < -0.4 is 5.32 Å². The average molecular weight is 249 g/mol. The van der Waals surface area contributed by atoms with E-state index in [0.29, 0.717) is 19.1 Å². The van der Waals surface area contributed by atoms with E-state index in [0.717, 1.165) is 13.0 Å². The van der Waals surface area contributed by atoms with Gasteiger partial charge in [0.25, 0.3) is 0 Å². The standard InChI is InChI=1S/C15H23NO2/c1-12(14-6-4-3-5-7-14)10-16-11-15(17)8-9-18-13(15)2/h3-7,12-13,16-17H,8-11H2,1-2H3. The summed E-state index contributed by atoms with van der Waals surface area (Å²) in [4.78, 5) is 0. The van der Waals surface area contributed by atoms with Crippen molar-refractivity contribution in [3.63, 3.8) is 0 Å². The second kappa shape index (κ2) is 5.83. The second-order valence-corrected chi connectivity index (χ2v) is 5.31. The van der Waals surface area contributed by atoms with Gasteiger partial charge in [-0.3, -0.25) is 0 Å². The molecular formula is C15H23NO2. The van der Waals surface area contributed by atoms with Gasteiger partial charge in [0.1, 0.15) is 5.60 Å². The third-order valence-electron chi connectivity index (χ3n) is 3.91. The van der Waals surface area contributed by atoms with Crippen molar-refractivity contribution in [1.29, 1.82) is 0 Å². The number of benzene rings is 1. The van der Waals surface area contributed by atoms with E-state index < -0.39 is 5.60 Å². The zero-order valence-electron chi connectivity index (χ0n) is 11.2. The predicted octanol–water partition coefficient (Wildman–Crippen LogP) is 1.92. The second-order valence-electron chi connectivity index (χ2n) is 5.31. The molecule has 0 saturated carbocycles. The lowest BCUT2D eigenvalue weighted by Crippen LogP contribution is -2.46. The van der Waals surface area contributed by atoms with Crippen molar-refractivity contribution in [3.05, 3.63) is 35.9 Å². The number of rotatable bonds is 5. The van der Waals surface area contributed by atoms with Crippen LogP contribution in [-0.2, 0) is 4.74 Å². The van der Waals surface area contributed by atoms with Crippen LogP contribution in [0.3, 0.4) is 0 Å². The highest BCUT2D eigenvalue weighted by molar-refractivity contribution is 5.19. The maximum atomic E-state index is 10.4. The van der Waals surface area contributed by atoms with E-state index in [-0.39, 0.29) is 6.10 Å². The van der Waals surface area contributed by atoms with Crippen LogP contribution in [0, 0.1) is 0 Å². The van der Waals surface area contributed by atoms with E-state index >= 15 is 0 Å². The zero-order valence-corrected chi connectivity index (χ0v) is 11.2. The molecule has 3 nitrogen and oxygen atoms in total. The van der Waals surface area contributed by atoms with E-state index in [4.69, 9.17) is 4.74 Å². The fourth-order valence-corrected chi connectivity index (χ4v) is 2.41. The van der Waals surface area contributed by atoms with E-state index in [9.17, 15) is 5.11 Å². The zero-order chi connectivity index (χ0) is 13.0. The molecule has 1 heterocycles.